The number of carbonyl (C=O) groups is 2. The number of rotatable bonds is 3. The van der Waals surface area contributed by atoms with E-state index in [4.69, 9.17) is 0 Å². The first-order chi connectivity index (χ1) is 8.18. The minimum Gasteiger partial charge on any atom is -0.342 e. The second-order valence-corrected chi connectivity index (χ2v) is 6.84. The summed E-state index contributed by atoms with van der Waals surface area (Å²) >= 11 is 3.26. The molecule has 1 saturated heterocycles. The molecule has 0 aliphatic carbocycles. The Bertz CT molecular complexity index is 374. The van der Waals surface area contributed by atoms with Crippen LogP contribution < -0.4 is 5.32 Å². The van der Waals surface area contributed by atoms with Gasteiger partial charge in [0.25, 0.3) is 0 Å². The summed E-state index contributed by atoms with van der Waals surface area (Å²) in [6.07, 6.45) is 0.606. The summed E-state index contributed by atoms with van der Waals surface area (Å²) in [4.78, 5) is 26.2. The Morgan fingerprint density at radius 3 is 2.39 bits per heavy atom. The maximum absolute atomic E-state index is 12.5. The minimum atomic E-state index is -0.473. The van der Waals surface area contributed by atoms with Crippen LogP contribution in [0.3, 0.4) is 0 Å². The molecule has 0 bridgehead atoms. The summed E-state index contributed by atoms with van der Waals surface area (Å²) in [7, 11) is 0. The number of halogens is 1. The van der Waals surface area contributed by atoms with E-state index < -0.39 is 12.1 Å². The highest BCUT2D eigenvalue weighted by Crippen LogP contribution is 2.26. The molecule has 18 heavy (non-hydrogen) atoms. The summed E-state index contributed by atoms with van der Waals surface area (Å²) in [5.41, 5.74) is -0.294. The van der Waals surface area contributed by atoms with Crippen molar-refractivity contribution in [3.8, 4) is 0 Å². The van der Waals surface area contributed by atoms with Gasteiger partial charge in [-0.1, -0.05) is 50.2 Å². The molecule has 0 spiro atoms. The fourth-order valence-corrected chi connectivity index (χ4v) is 2.40. The predicted octanol–water partition coefficient (Wildman–Crippen LogP) is 2.05. The Labute approximate surface area is 117 Å². The van der Waals surface area contributed by atoms with E-state index in [2.05, 4.69) is 27.8 Å². The van der Waals surface area contributed by atoms with Crippen molar-refractivity contribution in [1.82, 2.24) is 10.2 Å². The molecule has 4 nitrogen and oxygen atoms in total. The van der Waals surface area contributed by atoms with E-state index in [0.717, 1.165) is 0 Å². The number of carbonyl (C=O) groups excluding carboxylic acids is 2. The van der Waals surface area contributed by atoms with Gasteiger partial charge in [0.2, 0.25) is 11.8 Å². The van der Waals surface area contributed by atoms with E-state index in [1.165, 1.54) is 0 Å². The van der Waals surface area contributed by atoms with Crippen LogP contribution in [0.15, 0.2) is 11.1 Å². The Balaban J connectivity index is 3.04. The third kappa shape index (κ3) is 3.13. The van der Waals surface area contributed by atoms with Crippen LogP contribution in [-0.4, -0.2) is 35.3 Å². The second kappa shape index (κ2) is 5.43. The van der Waals surface area contributed by atoms with E-state index in [0.29, 0.717) is 17.4 Å². The summed E-state index contributed by atoms with van der Waals surface area (Å²) in [5, 5.41) is 2.84. The number of hydrogen-bond acceptors (Lipinski definition) is 2. The van der Waals surface area contributed by atoms with Gasteiger partial charge in [-0.25, -0.2) is 0 Å². The Morgan fingerprint density at radius 2 is 2.00 bits per heavy atom. The monoisotopic (exact) mass is 316 g/mol. The van der Waals surface area contributed by atoms with Crippen LogP contribution in [0.5, 0.6) is 0 Å². The van der Waals surface area contributed by atoms with Crippen molar-refractivity contribution in [2.75, 3.05) is 6.54 Å². The Hall–Kier alpha value is -0.840. The molecule has 1 rings (SSSR count). The molecule has 1 aliphatic heterocycles. The van der Waals surface area contributed by atoms with Crippen molar-refractivity contribution >= 4 is 27.7 Å². The predicted molar refractivity (Wildman–Crippen MR) is 75.2 cm³/mol. The van der Waals surface area contributed by atoms with Crippen LogP contribution in [0.1, 0.15) is 34.1 Å². The number of nitrogens with zero attached hydrogens (tertiary/aromatic N) is 1. The molecule has 1 heterocycles. The van der Waals surface area contributed by atoms with Crippen LogP contribution in [0, 0.1) is 5.41 Å². The van der Waals surface area contributed by atoms with E-state index in [1.807, 2.05) is 27.7 Å². The average Bonchev–Trinajstić information content (AvgIpc) is 2.21. The summed E-state index contributed by atoms with van der Waals surface area (Å²) in [5.74, 6) is -0.111. The fourth-order valence-electron chi connectivity index (χ4n) is 2.13. The number of amides is 2. The smallest absolute Gasteiger partial charge is 0.246 e. The first-order valence-electron chi connectivity index (χ1n) is 6.12. The normalized spacial score (nSPS) is 25.1. The summed E-state index contributed by atoms with van der Waals surface area (Å²) in [6, 6.07) is -0.870. The molecule has 0 aromatic heterocycles. The van der Waals surface area contributed by atoms with Gasteiger partial charge in [-0.3, -0.25) is 9.59 Å². The summed E-state index contributed by atoms with van der Waals surface area (Å²) in [6.45, 7) is 11.9. The molecule has 2 unspecified atom stereocenters. The van der Waals surface area contributed by atoms with Crippen molar-refractivity contribution in [3.63, 3.8) is 0 Å². The first kappa shape index (κ1) is 15.2. The van der Waals surface area contributed by atoms with Gasteiger partial charge in [0.15, 0.2) is 0 Å². The lowest BCUT2D eigenvalue weighted by Gasteiger charge is -2.43. The van der Waals surface area contributed by atoms with E-state index >= 15 is 0 Å². The number of piperazine rings is 1. The van der Waals surface area contributed by atoms with Gasteiger partial charge >= 0.3 is 0 Å². The quantitative estimate of drug-likeness (QED) is 0.866. The molecule has 1 aliphatic rings. The maximum Gasteiger partial charge on any atom is 0.246 e. The molecular weight excluding hydrogens is 296 g/mol. The van der Waals surface area contributed by atoms with Crippen molar-refractivity contribution in [1.29, 1.82) is 0 Å². The third-order valence-electron chi connectivity index (χ3n) is 3.09. The standard InChI is InChI=1S/C13H21BrN2O2/c1-6-9-11(17)15-10(13(3,4)5)12(18)16(9)7-8(2)14/h9-10H,2,6-7H2,1,3-5H3,(H,15,17). The van der Waals surface area contributed by atoms with Crippen molar-refractivity contribution in [3.05, 3.63) is 11.1 Å². The van der Waals surface area contributed by atoms with Gasteiger partial charge in [-0.2, -0.15) is 0 Å². The molecule has 1 N–H and O–H groups in total. The zero-order valence-corrected chi connectivity index (χ0v) is 13.0. The van der Waals surface area contributed by atoms with Crippen LogP contribution in [-0.2, 0) is 9.59 Å². The highest BCUT2D eigenvalue weighted by Gasteiger charge is 2.44. The third-order valence-corrected chi connectivity index (χ3v) is 3.34. The van der Waals surface area contributed by atoms with Gasteiger partial charge in [0.1, 0.15) is 12.1 Å². The molecular formula is C13H21BrN2O2. The molecule has 0 aromatic rings. The molecule has 102 valence electrons. The lowest BCUT2D eigenvalue weighted by atomic mass is 9.83. The van der Waals surface area contributed by atoms with Crippen LogP contribution in [0.2, 0.25) is 0 Å². The fraction of sp³-hybridized carbons (Fsp3) is 0.692. The average molecular weight is 317 g/mol. The van der Waals surface area contributed by atoms with Gasteiger partial charge in [-0.05, 0) is 11.8 Å². The highest BCUT2D eigenvalue weighted by molar-refractivity contribution is 9.11. The highest BCUT2D eigenvalue weighted by atomic mass is 79.9. The zero-order valence-electron chi connectivity index (χ0n) is 11.4. The molecule has 5 heteroatoms. The van der Waals surface area contributed by atoms with Gasteiger partial charge in [0, 0.05) is 4.48 Å². The van der Waals surface area contributed by atoms with Crippen molar-refractivity contribution in [2.45, 2.75) is 46.2 Å². The van der Waals surface area contributed by atoms with Crippen LogP contribution in [0.4, 0.5) is 0 Å². The Morgan fingerprint density at radius 1 is 1.44 bits per heavy atom. The van der Waals surface area contributed by atoms with Gasteiger partial charge in [0.05, 0.1) is 6.54 Å². The lowest BCUT2D eigenvalue weighted by Crippen LogP contribution is -2.66. The molecule has 0 aromatic carbocycles. The number of hydrogen-bond donors (Lipinski definition) is 1. The second-order valence-electron chi connectivity index (χ2n) is 5.72. The van der Waals surface area contributed by atoms with Crippen LogP contribution >= 0.6 is 15.9 Å². The van der Waals surface area contributed by atoms with Crippen LogP contribution in [0.25, 0.3) is 0 Å². The van der Waals surface area contributed by atoms with Gasteiger partial charge < -0.3 is 10.2 Å². The van der Waals surface area contributed by atoms with Gasteiger partial charge in [-0.15, -0.1) is 0 Å². The topological polar surface area (TPSA) is 49.4 Å². The SMILES string of the molecule is C=C(Br)CN1C(=O)C(C(C)(C)C)NC(=O)C1CC. The van der Waals surface area contributed by atoms with E-state index in [-0.39, 0.29) is 17.2 Å². The first-order valence-corrected chi connectivity index (χ1v) is 6.92. The van der Waals surface area contributed by atoms with E-state index in [9.17, 15) is 9.59 Å². The van der Waals surface area contributed by atoms with E-state index in [1.54, 1.807) is 4.90 Å². The molecule has 1 fully saturated rings. The summed E-state index contributed by atoms with van der Waals surface area (Å²) < 4.78 is 0.705. The maximum atomic E-state index is 12.5. The van der Waals surface area contributed by atoms with Crippen molar-refractivity contribution in [2.24, 2.45) is 5.41 Å². The number of nitrogens with one attached hydrogen (secondary N) is 1. The lowest BCUT2D eigenvalue weighted by molar-refractivity contribution is -0.151. The molecule has 2 amide bonds. The molecule has 0 radical (unpaired) electrons. The minimum absolute atomic E-state index is 0.0328. The van der Waals surface area contributed by atoms with Crippen molar-refractivity contribution < 1.29 is 9.59 Å². The molecule has 0 saturated carbocycles. The molecule has 2 atom stereocenters. The zero-order chi connectivity index (χ0) is 14.1. The Kier molecular flexibility index (Phi) is 4.59. The largest absolute Gasteiger partial charge is 0.342 e.